The Morgan fingerprint density at radius 1 is 0.667 bits per heavy atom. The number of ether oxygens (including phenoxy) is 8. The zero-order valence-electron chi connectivity index (χ0n) is 55.9. The predicted octanol–water partition coefficient (Wildman–Crippen LogP) is 9.73. The van der Waals surface area contributed by atoms with Gasteiger partial charge in [-0.25, -0.2) is 9.59 Å². The first-order chi connectivity index (χ1) is 44.1. The minimum absolute atomic E-state index is 0.0276. The number of nitrogens with two attached hydrogens (primary N) is 1. The molecule has 5 atom stereocenters. The Hall–Kier alpha value is -8.21. The molecule has 5 N–H and O–H groups in total. The molecule has 0 saturated heterocycles. The van der Waals surface area contributed by atoms with Gasteiger partial charge in [0.05, 0.1) is 49.4 Å². The van der Waals surface area contributed by atoms with Crippen molar-refractivity contribution in [3.05, 3.63) is 101 Å². The molecule has 93 heavy (non-hydrogen) atoms. The number of nitrogens with zero attached hydrogens (tertiary/aromatic N) is 4. The van der Waals surface area contributed by atoms with Gasteiger partial charge in [0.15, 0.2) is 23.0 Å². The van der Waals surface area contributed by atoms with E-state index in [0.29, 0.717) is 79.4 Å². The lowest BCUT2D eigenvalue weighted by Gasteiger charge is -2.27. The molecule has 0 saturated carbocycles. The van der Waals surface area contributed by atoms with Crippen LogP contribution in [0.25, 0.3) is 0 Å². The molecule has 7 rings (SSSR count). The van der Waals surface area contributed by atoms with Gasteiger partial charge in [-0.05, 0) is 101 Å². The van der Waals surface area contributed by atoms with Gasteiger partial charge in [0.2, 0.25) is 11.8 Å². The van der Waals surface area contributed by atoms with Crippen LogP contribution in [-0.2, 0) is 44.5 Å². The number of unbranched alkanes of at least 4 members (excludes halogenated alkanes) is 2. The second-order valence-corrected chi connectivity index (χ2v) is 38.0. The fraction of sp³-hybridized carbons (Fsp3) is 0.522. The van der Waals surface area contributed by atoms with E-state index in [9.17, 15) is 38.4 Å². The molecule has 0 radical (unpaired) electrons. The second-order valence-electron chi connectivity index (χ2n) is 26.7. The molecule has 3 aromatic carbocycles. The highest BCUT2D eigenvalue weighted by molar-refractivity contribution is 6.76. The molecule has 0 spiro atoms. The Bertz CT molecular complexity index is 3290. The summed E-state index contributed by atoms with van der Waals surface area (Å²) in [5, 5.41) is 7.94. The summed E-state index contributed by atoms with van der Waals surface area (Å²) < 4.78 is 48.0. The molecule has 0 aliphatic carbocycles. The first kappa shape index (κ1) is 72.2. The van der Waals surface area contributed by atoms with E-state index < -0.39 is 76.3 Å². The highest BCUT2D eigenvalue weighted by Crippen LogP contribution is 2.43. The summed E-state index contributed by atoms with van der Waals surface area (Å²) in [6, 6.07) is 11.7. The third-order valence-electron chi connectivity index (χ3n) is 16.1. The van der Waals surface area contributed by atoms with Crippen LogP contribution in [0, 0.1) is 5.92 Å². The van der Waals surface area contributed by atoms with E-state index in [1.54, 1.807) is 79.7 Å². The average molecular weight is 1320 g/mol. The maximum absolute atomic E-state index is 14.6. The number of carbonyl (C=O) groups is 8. The van der Waals surface area contributed by atoms with Crippen LogP contribution in [0.5, 0.6) is 23.0 Å². The third kappa shape index (κ3) is 19.9. The molecule has 0 bridgehead atoms. The van der Waals surface area contributed by atoms with Crippen molar-refractivity contribution >= 4 is 80.8 Å². The van der Waals surface area contributed by atoms with Crippen LogP contribution in [0.2, 0.25) is 51.4 Å². The number of hydrogen-bond donors (Lipinski definition) is 4. The molecule has 1 unspecified atom stereocenters. The quantitative estimate of drug-likeness (QED) is 0.0246. The average Bonchev–Trinajstić information content (AvgIpc) is 1.64. The van der Waals surface area contributed by atoms with Crippen LogP contribution in [-0.4, -0.2) is 164 Å². The van der Waals surface area contributed by atoms with Crippen LogP contribution < -0.4 is 50.4 Å². The Balaban J connectivity index is 1.05. The Kier molecular flexibility index (Phi) is 25.3. The molecule has 26 heteroatoms. The van der Waals surface area contributed by atoms with Gasteiger partial charge < -0.3 is 69.4 Å². The van der Waals surface area contributed by atoms with Crippen molar-refractivity contribution in [2.75, 3.05) is 75.3 Å². The SMILES string of the molecule is C=CCOC(=O)N[C@H](C(=O)N[C@@H](C)C(=O)Nc1ccc(CC(CCOc2cc3c(cc2OCCCCCOc2cc4c(cc2OC)C(=O)N2C=C(C)C[C@H]2C(=O)N4COCC[Si](C)(C)C)N(COCC[Si](C)(C)C)C(=O)[C@@H]2CC(C)=CN2C3=O)OC(N)=O)cc1)C(C)C. The summed E-state index contributed by atoms with van der Waals surface area (Å²) in [6.45, 7) is 26.9. The lowest BCUT2D eigenvalue weighted by Crippen LogP contribution is -2.53. The lowest BCUT2D eigenvalue weighted by molar-refractivity contribution is -0.128. The Morgan fingerprint density at radius 3 is 1.65 bits per heavy atom. The molecule has 506 valence electrons. The van der Waals surface area contributed by atoms with Gasteiger partial charge in [-0.1, -0.05) is 89.1 Å². The molecule has 4 aliphatic rings. The number of anilines is 3. The molecule has 0 aromatic heterocycles. The molecular formula is C67H94N8O16Si2. The number of methoxy groups -OCH3 is 1. The van der Waals surface area contributed by atoms with Crippen LogP contribution in [0.1, 0.15) is 99.4 Å². The largest absolute Gasteiger partial charge is 0.493 e. The molecule has 24 nitrogen and oxygen atoms in total. The molecule has 4 heterocycles. The van der Waals surface area contributed by atoms with E-state index in [1.807, 2.05) is 13.8 Å². The van der Waals surface area contributed by atoms with E-state index in [4.69, 9.17) is 43.6 Å². The first-order valence-corrected chi connectivity index (χ1v) is 39.2. The molecule has 4 aliphatic heterocycles. The molecule has 3 aromatic rings. The van der Waals surface area contributed by atoms with Crippen molar-refractivity contribution in [2.45, 2.75) is 161 Å². The summed E-state index contributed by atoms with van der Waals surface area (Å²) in [4.78, 5) is 114. The first-order valence-electron chi connectivity index (χ1n) is 31.8. The number of carbonyl (C=O) groups excluding carboxylic acids is 8. The van der Waals surface area contributed by atoms with Gasteiger partial charge >= 0.3 is 12.2 Å². The summed E-state index contributed by atoms with van der Waals surface area (Å²) in [5.74, 6) is -1.50. The van der Waals surface area contributed by atoms with Gasteiger partial charge in [0, 0.05) is 72.4 Å². The highest BCUT2D eigenvalue weighted by Gasteiger charge is 2.44. The number of fused-ring (bicyclic) bond motifs is 4. The van der Waals surface area contributed by atoms with Crippen molar-refractivity contribution in [3.63, 3.8) is 0 Å². The van der Waals surface area contributed by atoms with E-state index in [0.717, 1.165) is 28.8 Å². The third-order valence-corrected chi connectivity index (χ3v) is 19.5. The standard InChI is InChI=1S/C67H94N8O16Si2/c1-14-23-90-67(83)71-59(42(2)3)61(77)69-45(6)60(76)70-47-20-18-46(19-21-47)33-48(91-66(68)82)22-26-89-56-35-50-52(75(41-86-28-30-93(11,12)13)65(81)54-32-44(5)39-73(54)63(50)79)37-58(56)88-25-17-15-16-24-87-57-36-51-49(34-55(57)84-7)62(78)72-38-43(4)31-53(72)64(80)74(51)40-85-27-29-92(8,9)10/h14,18-21,34-39,42,45,48,53-54,59H,1,15-17,22-33,40-41H2,2-13H3,(H2,68,82)(H,69,77)(H,70,76)(H,71,83)/t45-,48?,53-,54-,59-/m0/s1. The zero-order valence-corrected chi connectivity index (χ0v) is 57.9. The van der Waals surface area contributed by atoms with Crippen LogP contribution in [0.3, 0.4) is 0 Å². The summed E-state index contributed by atoms with van der Waals surface area (Å²) in [5.41, 5.74) is 9.72. The number of alkyl carbamates (subject to hydrolysis) is 1. The summed E-state index contributed by atoms with van der Waals surface area (Å²) >= 11 is 0. The monoisotopic (exact) mass is 1320 g/mol. The topological polar surface area (TPSA) is 285 Å². The smallest absolute Gasteiger partial charge is 0.408 e. The van der Waals surface area contributed by atoms with Crippen molar-refractivity contribution in [1.29, 1.82) is 0 Å². The number of benzene rings is 3. The highest BCUT2D eigenvalue weighted by atomic mass is 28.3. The van der Waals surface area contributed by atoms with Gasteiger partial charge in [0.25, 0.3) is 23.6 Å². The minimum Gasteiger partial charge on any atom is -0.493 e. The Labute approximate surface area is 547 Å². The van der Waals surface area contributed by atoms with Gasteiger partial charge in [-0.15, -0.1) is 0 Å². The van der Waals surface area contributed by atoms with Crippen molar-refractivity contribution in [1.82, 2.24) is 20.4 Å². The number of amides is 8. The number of hydrogen-bond acceptors (Lipinski definition) is 16. The van der Waals surface area contributed by atoms with Crippen molar-refractivity contribution in [2.24, 2.45) is 11.7 Å². The summed E-state index contributed by atoms with van der Waals surface area (Å²) in [6.07, 6.45) is 5.09. The number of nitrogens with one attached hydrogen (secondary N) is 3. The zero-order chi connectivity index (χ0) is 67.9. The fourth-order valence-corrected chi connectivity index (χ4v) is 12.3. The lowest BCUT2D eigenvalue weighted by atomic mass is 10.0. The maximum Gasteiger partial charge on any atom is 0.408 e. The minimum atomic E-state index is -1.51. The second kappa shape index (κ2) is 32.6. The maximum atomic E-state index is 14.6. The normalized spacial score (nSPS) is 17.2. The Morgan fingerprint density at radius 2 is 1.16 bits per heavy atom. The number of primary amides is 1. The molecular weight excluding hydrogens is 1230 g/mol. The van der Waals surface area contributed by atoms with Gasteiger partial charge in [-0.2, -0.15) is 0 Å². The molecule has 8 amide bonds. The van der Waals surface area contributed by atoms with E-state index in [2.05, 4.69) is 61.8 Å². The molecule has 0 fully saturated rings. The predicted molar refractivity (Wildman–Crippen MR) is 358 cm³/mol. The van der Waals surface area contributed by atoms with Gasteiger partial charge in [-0.3, -0.25) is 38.6 Å². The van der Waals surface area contributed by atoms with Crippen LogP contribution in [0.4, 0.5) is 26.7 Å². The van der Waals surface area contributed by atoms with Gasteiger partial charge in [0.1, 0.15) is 50.3 Å². The van der Waals surface area contributed by atoms with Crippen molar-refractivity contribution < 1.29 is 76.3 Å². The van der Waals surface area contributed by atoms with Crippen molar-refractivity contribution in [3.8, 4) is 23.0 Å². The van der Waals surface area contributed by atoms with E-state index >= 15 is 0 Å². The summed E-state index contributed by atoms with van der Waals surface area (Å²) in [7, 11) is -1.45. The number of rotatable bonds is 34. The van der Waals surface area contributed by atoms with E-state index in [1.165, 1.54) is 34.8 Å². The van der Waals surface area contributed by atoms with Crippen LogP contribution >= 0.6 is 0 Å². The van der Waals surface area contributed by atoms with Crippen LogP contribution in [0.15, 0.2) is 84.7 Å². The fourth-order valence-electron chi connectivity index (χ4n) is 10.8. The van der Waals surface area contributed by atoms with E-state index in [-0.39, 0.29) is 93.4 Å².